The van der Waals surface area contributed by atoms with Crippen LogP contribution in [0.5, 0.6) is 28.7 Å². The van der Waals surface area contributed by atoms with Gasteiger partial charge in [0.2, 0.25) is 5.75 Å². The minimum absolute atomic E-state index is 0.00272. The average Bonchev–Trinajstić information content (AvgIpc) is 2.55. The first-order chi connectivity index (χ1) is 11.4. The van der Waals surface area contributed by atoms with Gasteiger partial charge in [-0.05, 0) is 30.3 Å². The molecule has 0 aliphatic heterocycles. The molecule has 0 heterocycles. The molecule has 8 heteroatoms. The lowest BCUT2D eigenvalue weighted by atomic mass is 10.1. The number of carboxylic acids is 1. The third kappa shape index (κ3) is 3.32. The highest BCUT2D eigenvalue weighted by Crippen LogP contribution is 2.38. The van der Waals surface area contributed by atoms with Crippen molar-refractivity contribution >= 4 is 11.9 Å². The highest BCUT2D eigenvalue weighted by Gasteiger charge is 2.20. The summed E-state index contributed by atoms with van der Waals surface area (Å²) in [5.41, 5.74) is -0.233. The highest BCUT2D eigenvalue weighted by atomic mass is 16.6. The number of hydrogen-bond acceptors (Lipinski definition) is 7. The SMILES string of the molecule is COc1ccc(C(=O)Oc2c(O)cc(C(=O)O)cc2OC)cc1O. The van der Waals surface area contributed by atoms with Crippen molar-refractivity contribution in [2.45, 2.75) is 0 Å². The number of aromatic carboxylic acids is 1. The van der Waals surface area contributed by atoms with Crippen molar-refractivity contribution in [3.8, 4) is 28.7 Å². The smallest absolute Gasteiger partial charge is 0.343 e. The first kappa shape index (κ1) is 16.9. The molecule has 2 aromatic carbocycles. The third-order valence-electron chi connectivity index (χ3n) is 3.11. The maximum absolute atomic E-state index is 12.1. The van der Waals surface area contributed by atoms with Crippen molar-refractivity contribution < 1.29 is 39.1 Å². The fourth-order valence-electron chi connectivity index (χ4n) is 1.93. The molecule has 8 nitrogen and oxygen atoms in total. The summed E-state index contributed by atoms with van der Waals surface area (Å²) in [6, 6.07) is 5.90. The van der Waals surface area contributed by atoms with Gasteiger partial charge in [-0.25, -0.2) is 9.59 Å². The predicted octanol–water partition coefficient (Wildman–Crippen LogP) is 2.03. The van der Waals surface area contributed by atoms with E-state index in [1.54, 1.807) is 0 Å². The normalized spacial score (nSPS) is 10.1. The van der Waals surface area contributed by atoms with Crippen molar-refractivity contribution in [2.75, 3.05) is 14.2 Å². The van der Waals surface area contributed by atoms with Gasteiger partial charge in [0.25, 0.3) is 0 Å². The second-order valence-corrected chi connectivity index (χ2v) is 4.61. The Morgan fingerprint density at radius 2 is 1.50 bits per heavy atom. The van der Waals surface area contributed by atoms with Crippen LogP contribution in [0.4, 0.5) is 0 Å². The Kier molecular flexibility index (Phi) is 4.78. The van der Waals surface area contributed by atoms with Crippen LogP contribution in [0.25, 0.3) is 0 Å². The maximum Gasteiger partial charge on any atom is 0.343 e. The minimum atomic E-state index is -1.28. The monoisotopic (exact) mass is 334 g/mol. The van der Waals surface area contributed by atoms with E-state index in [0.29, 0.717) is 0 Å². The van der Waals surface area contributed by atoms with Gasteiger partial charge in [-0.2, -0.15) is 0 Å². The zero-order valence-electron chi connectivity index (χ0n) is 12.8. The van der Waals surface area contributed by atoms with Gasteiger partial charge in [0, 0.05) is 0 Å². The topological polar surface area (TPSA) is 123 Å². The Balaban J connectivity index is 2.35. The average molecular weight is 334 g/mol. The molecule has 0 aromatic heterocycles. The Hall–Kier alpha value is -3.42. The number of carboxylic acid groups (broad SMARTS) is 1. The van der Waals surface area contributed by atoms with Crippen LogP contribution in [0.15, 0.2) is 30.3 Å². The molecule has 0 bridgehead atoms. The van der Waals surface area contributed by atoms with Crippen molar-refractivity contribution in [1.82, 2.24) is 0 Å². The number of phenolic OH excluding ortho intramolecular Hbond substituents is 2. The molecule has 0 radical (unpaired) electrons. The lowest BCUT2D eigenvalue weighted by Crippen LogP contribution is -2.10. The second-order valence-electron chi connectivity index (χ2n) is 4.61. The van der Waals surface area contributed by atoms with E-state index in [4.69, 9.17) is 19.3 Å². The van der Waals surface area contributed by atoms with E-state index in [9.17, 15) is 19.8 Å². The molecule has 0 fully saturated rings. The molecule has 0 amide bonds. The van der Waals surface area contributed by atoms with Gasteiger partial charge in [0.05, 0.1) is 25.3 Å². The molecule has 0 saturated carbocycles. The highest BCUT2D eigenvalue weighted by molar-refractivity contribution is 5.93. The Morgan fingerprint density at radius 3 is 2.04 bits per heavy atom. The molecule has 0 spiro atoms. The van der Waals surface area contributed by atoms with E-state index < -0.39 is 17.7 Å². The Morgan fingerprint density at radius 1 is 0.875 bits per heavy atom. The van der Waals surface area contributed by atoms with Crippen molar-refractivity contribution in [2.24, 2.45) is 0 Å². The van der Waals surface area contributed by atoms with E-state index in [1.165, 1.54) is 26.4 Å². The molecule has 0 aliphatic rings. The number of aromatic hydroxyl groups is 2. The van der Waals surface area contributed by atoms with E-state index in [-0.39, 0.29) is 34.1 Å². The lowest BCUT2D eigenvalue weighted by Gasteiger charge is -2.12. The largest absolute Gasteiger partial charge is 0.504 e. The molecule has 2 aromatic rings. The molecule has 3 N–H and O–H groups in total. The number of ether oxygens (including phenoxy) is 3. The fraction of sp³-hybridized carbons (Fsp3) is 0.125. The van der Waals surface area contributed by atoms with Gasteiger partial charge in [0.15, 0.2) is 23.0 Å². The van der Waals surface area contributed by atoms with Crippen LogP contribution in [0.2, 0.25) is 0 Å². The van der Waals surface area contributed by atoms with E-state index >= 15 is 0 Å². The second kappa shape index (κ2) is 6.78. The standard InChI is InChI=1S/C16H14O8/c1-22-12-4-3-8(5-10(12)17)16(21)24-14-11(18)6-9(15(19)20)7-13(14)23-2/h3-7,17-18H,1-2H3,(H,19,20). The van der Waals surface area contributed by atoms with Crippen molar-refractivity contribution in [1.29, 1.82) is 0 Å². The van der Waals surface area contributed by atoms with Gasteiger partial charge < -0.3 is 29.5 Å². The molecule has 126 valence electrons. The van der Waals surface area contributed by atoms with Crippen LogP contribution in [0.3, 0.4) is 0 Å². The molecular formula is C16H14O8. The van der Waals surface area contributed by atoms with E-state index in [2.05, 4.69) is 0 Å². The number of methoxy groups -OCH3 is 2. The third-order valence-corrected chi connectivity index (χ3v) is 3.11. The summed E-state index contributed by atoms with van der Waals surface area (Å²) in [6.45, 7) is 0. The first-order valence-electron chi connectivity index (χ1n) is 6.60. The van der Waals surface area contributed by atoms with Crippen LogP contribution in [0.1, 0.15) is 20.7 Å². The zero-order chi connectivity index (χ0) is 17.9. The maximum atomic E-state index is 12.1. The molecule has 0 saturated heterocycles. The summed E-state index contributed by atoms with van der Waals surface area (Å²) in [5.74, 6) is -3.27. The fourth-order valence-corrected chi connectivity index (χ4v) is 1.93. The van der Waals surface area contributed by atoms with E-state index in [0.717, 1.165) is 18.2 Å². The Bertz CT molecular complexity index is 797. The number of carbonyl (C=O) groups excluding carboxylic acids is 1. The quantitative estimate of drug-likeness (QED) is 0.561. The van der Waals surface area contributed by atoms with Gasteiger partial charge in [-0.15, -0.1) is 0 Å². The van der Waals surface area contributed by atoms with Gasteiger partial charge in [-0.1, -0.05) is 0 Å². The van der Waals surface area contributed by atoms with Gasteiger partial charge >= 0.3 is 11.9 Å². The summed E-state index contributed by atoms with van der Waals surface area (Å²) in [4.78, 5) is 23.1. The summed E-state index contributed by atoms with van der Waals surface area (Å²) in [5, 5.41) is 28.5. The summed E-state index contributed by atoms with van der Waals surface area (Å²) in [6.07, 6.45) is 0. The molecule has 0 atom stereocenters. The lowest BCUT2D eigenvalue weighted by molar-refractivity contribution is 0.0696. The van der Waals surface area contributed by atoms with Gasteiger partial charge in [0.1, 0.15) is 0 Å². The zero-order valence-corrected chi connectivity index (χ0v) is 12.8. The molecule has 24 heavy (non-hydrogen) atoms. The number of benzene rings is 2. The van der Waals surface area contributed by atoms with E-state index in [1.807, 2.05) is 0 Å². The molecule has 0 aliphatic carbocycles. The Labute approximate surface area is 136 Å². The van der Waals surface area contributed by atoms with Crippen molar-refractivity contribution in [3.63, 3.8) is 0 Å². The number of hydrogen-bond donors (Lipinski definition) is 3. The van der Waals surface area contributed by atoms with Crippen LogP contribution in [0, 0.1) is 0 Å². The number of rotatable bonds is 5. The first-order valence-corrected chi connectivity index (χ1v) is 6.60. The summed E-state index contributed by atoms with van der Waals surface area (Å²) in [7, 11) is 2.59. The molecule has 0 unspecified atom stereocenters. The summed E-state index contributed by atoms with van der Waals surface area (Å²) < 4.78 is 14.9. The summed E-state index contributed by atoms with van der Waals surface area (Å²) >= 11 is 0. The van der Waals surface area contributed by atoms with Crippen LogP contribution < -0.4 is 14.2 Å². The van der Waals surface area contributed by atoms with Crippen molar-refractivity contribution in [3.05, 3.63) is 41.5 Å². The minimum Gasteiger partial charge on any atom is -0.504 e. The number of carbonyl (C=O) groups is 2. The number of esters is 1. The molecule has 2 rings (SSSR count). The number of phenols is 2. The molecular weight excluding hydrogens is 320 g/mol. The van der Waals surface area contributed by atoms with Crippen LogP contribution in [-0.4, -0.2) is 41.5 Å². The van der Waals surface area contributed by atoms with Crippen LogP contribution in [-0.2, 0) is 0 Å². The predicted molar refractivity (Wildman–Crippen MR) is 81.2 cm³/mol. The van der Waals surface area contributed by atoms with Gasteiger partial charge in [-0.3, -0.25) is 0 Å². The van der Waals surface area contributed by atoms with Crippen LogP contribution >= 0.6 is 0 Å².